The van der Waals surface area contributed by atoms with Crippen molar-refractivity contribution < 1.29 is 4.79 Å². The first kappa shape index (κ1) is 13.8. The second-order valence-electron chi connectivity index (χ2n) is 5.19. The normalized spacial score (nSPS) is 13.6. The molecule has 2 aromatic rings. The summed E-state index contributed by atoms with van der Waals surface area (Å²) in [5.74, 6) is 0.0546. The molecule has 3 rings (SSSR count). The number of thiocarbonyl (C=S) groups is 1. The lowest BCUT2D eigenvalue weighted by Crippen LogP contribution is -2.35. The Kier molecular flexibility index (Phi) is 3.71. The van der Waals surface area contributed by atoms with Crippen LogP contribution in [-0.4, -0.2) is 22.3 Å². The maximum Gasteiger partial charge on any atom is 0.254 e. The van der Waals surface area contributed by atoms with Crippen LogP contribution in [0.5, 0.6) is 0 Å². The Labute approximate surface area is 129 Å². The molecule has 4 heteroatoms. The maximum atomic E-state index is 12.6. The minimum Gasteiger partial charge on any atom is -0.389 e. The van der Waals surface area contributed by atoms with Crippen LogP contribution >= 0.6 is 12.2 Å². The highest BCUT2D eigenvalue weighted by Gasteiger charge is 2.21. The van der Waals surface area contributed by atoms with E-state index in [0.717, 1.165) is 18.5 Å². The summed E-state index contributed by atoms with van der Waals surface area (Å²) >= 11 is 4.92. The fourth-order valence-electron chi connectivity index (χ4n) is 2.63. The summed E-state index contributed by atoms with van der Waals surface area (Å²) in [6.45, 7) is 1.43. The third kappa shape index (κ3) is 2.81. The molecule has 0 spiro atoms. The number of amides is 1. The number of benzene rings is 2. The Bertz CT molecular complexity index is 694. The molecule has 106 valence electrons. The van der Waals surface area contributed by atoms with E-state index in [0.29, 0.717) is 17.1 Å². The van der Waals surface area contributed by atoms with E-state index in [-0.39, 0.29) is 5.91 Å². The zero-order chi connectivity index (χ0) is 14.8. The van der Waals surface area contributed by atoms with Crippen molar-refractivity contribution in [2.75, 3.05) is 6.54 Å². The highest BCUT2D eigenvalue weighted by atomic mass is 32.1. The van der Waals surface area contributed by atoms with Crippen LogP contribution in [0.3, 0.4) is 0 Å². The molecule has 0 aliphatic carbocycles. The van der Waals surface area contributed by atoms with Gasteiger partial charge in [0.2, 0.25) is 0 Å². The number of hydrogen-bond donors (Lipinski definition) is 1. The van der Waals surface area contributed by atoms with Crippen molar-refractivity contribution in [2.45, 2.75) is 13.0 Å². The number of rotatable bonds is 2. The molecule has 21 heavy (non-hydrogen) atoms. The highest BCUT2D eigenvalue weighted by Crippen LogP contribution is 2.20. The van der Waals surface area contributed by atoms with Crippen LogP contribution in [0.2, 0.25) is 0 Å². The Morgan fingerprint density at radius 2 is 1.62 bits per heavy atom. The molecule has 1 aliphatic rings. The van der Waals surface area contributed by atoms with Crippen LogP contribution in [0.15, 0.2) is 48.5 Å². The van der Waals surface area contributed by atoms with E-state index >= 15 is 0 Å². The Hall–Kier alpha value is -2.20. The highest BCUT2D eigenvalue weighted by molar-refractivity contribution is 7.80. The van der Waals surface area contributed by atoms with E-state index in [4.69, 9.17) is 18.0 Å². The SMILES string of the molecule is NC(=S)c1ccc(C(=O)N2CCc3ccccc3C2)cc1. The fourth-order valence-corrected chi connectivity index (χ4v) is 2.76. The Balaban J connectivity index is 1.79. The second-order valence-corrected chi connectivity index (χ2v) is 5.63. The van der Waals surface area contributed by atoms with Gasteiger partial charge in [0, 0.05) is 24.2 Å². The van der Waals surface area contributed by atoms with Gasteiger partial charge in [-0.25, -0.2) is 0 Å². The van der Waals surface area contributed by atoms with E-state index < -0.39 is 0 Å². The summed E-state index contributed by atoms with van der Waals surface area (Å²) in [7, 11) is 0. The van der Waals surface area contributed by atoms with Gasteiger partial charge in [-0.1, -0.05) is 48.6 Å². The average Bonchev–Trinajstić information content (AvgIpc) is 2.54. The average molecular weight is 296 g/mol. The minimum atomic E-state index is 0.0546. The molecule has 0 unspecified atom stereocenters. The molecular weight excluding hydrogens is 280 g/mol. The summed E-state index contributed by atoms with van der Waals surface area (Å²) < 4.78 is 0. The van der Waals surface area contributed by atoms with Gasteiger partial charge in [0.05, 0.1) is 0 Å². The first-order valence-corrected chi connectivity index (χ1v) is 7.32. The quantitative estimate of drug-likeness (QED) is 0.866. The van der Waals surface area contributed by atoms with E-state index in [1.807, 2.05) is 17.0 Å². The molecule has 1 aliphatic heterocycles. The lowest BCUT2D eigenvalue weighted by molar-refractivity contribution is 0.0734. The van der Waals surface area contributed by atoms with Crippen LogP contribution in [0.4, 0.5) is 0 Å². The smallest absolute Gasteiger partial charge is 0.254 e. The van der Waals surface area contributed by atoms with Gasteiger partial charge < -0.3 is 10.6 Å². The van der Waals surface area contributed by atoms with Crippen LogP contribution in [0.25, 0.3) is 0 Å². The Morgan fingerprint density at radius 3 is 2.29 bits per heavy atom. The van der Waals surface area contributed by atoms with Gasteiger partial charge in [-0.3, -0.25) is 4.79 Å². The minimum absolute atomic E-state index is 0.0546. The summed E-state index contributed by atoms with van der Waals surface area (Å²) in [6, 6.07) is 15.5. The molecule has 0 saturated carbocycles. The van der Waals surface area contributed by atoms with Crippen molar-refractivity contribution in [2.24, 2.45) is 5.73 Å². The molecular formula is C17H16N2OS. The van der Waals surface area contributed by atoms with Crippen molar-refractivity contribution in [3.05, 3.63) is 70.8 Å². The van der Waals surface area contributed by atoms with Crippen molar-refractivity contribution in [3.8, 4) is 0 Å². The first-order valence-electron chi connectivity index (χ1n) is 6.91. The number of nitrogens with two attached hydrogens (primary N) is 1. The lowest BCUT2D eigenvalue weighted by Gasteiger charge is -2.29. The molecule has 0 atom stereocenters. The molecule has 2 aromatic carbocycles. The molecule has 0 fully saturated rings. The zero-order valence-electron chi connectivity index (χ0n) is 11.6. The molecule has 2 N–H and O–H groups in total. The number of fused-ring (bicyclic) bond motifs is 1. The van der Waals surface area contributed by atoms with E-state index in [1.165, 1.54) is 11.1 Å². The molecule has 0 aromatic heterocycles. The fraction of sp³-hybridized carbons (Fsp3) is 0.176. The molecule has 0 radical (unpaired) electrons. The van der Waals surface area contributed by atoms with Crippen LogP contribution in [-0.2, 0) is 13.0 Å². The Morgan fingerprint density at radius 1 is 1.00 bits per heavy atom. The molecule has 1 amide bonds. The number of nitrogens with zero attached hydrogens (tertiary/aromatic N) is 1. The summed E-state index contributed by atoms with van der Waals surface area (Å²) in [5, 5.41) is 0. The molecule has 0 saturated heterocycles. The van der Waals surface area contributed by atoms with Crippen LogP contribution < -0.4 is 5.73 Å². The van der Waals surface area contributed by atoms with Crippen LogP contribution in [0.1, 0.15) is 27.0 Å². The van der Waals surface area contributed by atoms with Gasteiger partial charge in [-0.05, 0) is 29.7 Å². The molecule has 0 bridgehead atoms. The van der Waals surface area contributed by atoms with Crippen molar-refractivity contribution in [1.82, 2.24) is 4.90 Å². The predicted octanol–water partition coefficient (Wildman–Crippen LogP) is 2.52. The number of hydrogen-bond acceptors (Lipinski definition) is 2. The topological polar surface area (TPSA) is 46.3 Å². The standard InChI is InChI=1S/C17H16N2OS/c18-16(21)13-5-7-14(8-6-13)17(20)19-10-9-12-3-1-2-4-15(12)11-19/h1-8H,9-11H2,(H2,18,21). The van der Waals surface area contributed by atoms with E-state index in [1.54, 1.807) is 24.3 Å². The van der Waals surface area contributed by atoms with Crippen molar-refractivity contribution >= 4 is 23.1 Å². The first-order chi connectivity index (χ1) is 10.1. The van der Waals surface area contributed by atoms with Crippen molar-refractivity contribution in [1.29, 1.82) is 0 Å². The summed E-state index contributed by atoms with van der Waals surface area (Å²) in [6.07, 6.45) is 0.910. The predicted molar refractivity (Wildman–Crippen MR) is 87.2 cm³/mol. The third-order valence-corrected chi connectivity index (χ3v) is 4.07. The zero-order valence-corrected chi connectivity index (χ0v) is 12.4. The second kappa shape index (κ2) is 5.66. The van der Waals surface area contributed by atoms with Gasteiger partial charge >= 0.3 is 0 Å². The van der Waals surface area contributed by atoms with Crippen molar-refractivity contribution in [3.63, 3.8) is 0 Å². The van der Waals surface area contributed by atoms with E-state index in [9.17, 15) is 4.79 Å². The maximum absolute atomic E-state index is 12.6. The van der Waals surface area contributed by atoms with Gasteiger partial charge in [0.1, 0.15) is 4.99 Å². The van der Waals surface area contributed by atoms with Crippen LogP contribution in [0, 0.1) is 0 Å². The molecule has 1 heterocycles. The van der Waals surface area contributed by atoms with Gasteiger partial charge in [-0.2, -0.15) is 0 Å². The van der Waals surface area contributed by atoms with E-state index in [2.05, 4.69) is 12.1 Å². The molecule has 3 nitrogen and oxygen atoms in total. The lowest BCUT2D eigenvalue weighted by atomic mass is 9.99. The van der Waals surface area contributed by atoms with Gasteiger partial charge in [-0.15, -0.1) is 0 Å². The summed E-state index contributed by atoms with van der Waals surface area (Å²) in [5.41, 5.74) is 9.60. The number of carbonyl (C=O) groups excluding carboxylic acids is 1. The summed E-state index contributed by atoms with van der Waals surface area (Å²) in [4.78, 5) is 14.8. The largest absolute Gasteiger partial charge is 0.389 e. The number of carbonyl (C=O) groups is 1. The monoisotopic (exact) mass is 296 g/mol. The van der Waals surface area contributed by atoms with Gasteiger partial charge in [0.15, 0.2) is 0 Å². The van der Waals surface area contributed by atoms with Gasteiger partial charge in [0.25, 0.3) is 5.91 Å². The third-order valence-electron chi connectivity index (χ3n) is 3.83.